The standard InChI is InChI=1S/C5H5F3N2O/c1-9-4-2-3(11-10-4)5(6,7)8/h2H,1H3,(H,9,10). The van der Waals surface area contributed by atoms with Gasteiger partial charge in [-0.05, 0) is 0 Å². The molecular weight excluding hydrogens is 161 g/mol. The Hall–Kier alpha value is -1.20. The number of nitrogens with one attached hydrogen (secondary N) is 1. The highest BCUT2D eigenvalue weighted by Crippen LogP contribution is 2.30. The van der Waals surface area contributed by atoms with Crippen LogP contribution in [0.5, 0.6) is 0 Å². The lowest BCUT2D eigenvalue weighted by molar-refractivity contribution is -0.155. The summed E-state index contributed by atoms with van der Waals surface area (Å²) in [5.41, 5.74) is 0. The number of halogens is 3. The van der Waals surface area contributed by atoms with Crippen molar-refractivity contribution in [2.24, 2.45) is 0 Å². The lowest BCUT2D eigenvalue weighted by Gasteiger charge is -1.97. The van der Waals surface area contributed by atoms with E-state index in [-0.39, 0.29) is 5.82 Å². The Morgan fingerprint density at radius 3 is 2.45 bits per heavy atom. The molecule has 11 heavy (non-hydrogen) atoms. The van der Waals surface area contributed by atoms with E-state index in [1.54, 1.807) is 0 Å². The Balaban J connectivity index is 2.89. The molecule has 0 aliphatic carbocycles. The topological polar surface area (TPSA) is 38.1 Å². The van der Waals surface area contributed by atoms with Gasteiger partial charge in [0.05, 0.1) is 0 Å². The molecule has 62 valence electrons. The third-order valence-corrected chi connectivity index (χ3v) is 1.05. The number of alkyl halides is 3. The van der Waals surface area contributed by atoms with Crippen LogP contribution in [0.15, 0.2) is 10.6 Å². The first-order valence-corrected chi connectivity index (χ1v) is 2.75. The molecule has 0 fully saturated rings. The molecule has 0 aromatic carbocycles. The van der Waals surface area contributed by atoms with Gasteiger partial charge in [-0.1, -0.05) is 5.16 Å². The summed E-state index contributed by atoms with van der Waals surface area (Å²) in [6.45, 7) is 0. The van der Waals surface area contributed by atoms with E-state index in [1.807, 2.05) is 0 Å². The maximum atomic E-state index is 11.8. The summed E-state index contributed by atoms with van der Waals surface area (Å²) >= 11 is 0. The van der Waals surface area contributed by atoms with Crippen LogP contribution in [0.25, 0.3) is 0 Å². The van der Waals surface area contributed by atoms with Gasteiger partial charge in [0, 0.05) is 13.1 Å². The SMILES string of the molecule is CNc1cc(C(F)(F)F)on1. The third kappa shape index (κ3) is 1.63. The van der Waals surface area contributed by atoms with Crippen molar-refractivity contribution in [3.63, 3.8) is 0 Å². The molecule has 0 saturated heterocycles. The second-order valence-corrected chi connectivity index (χ2v) is 1.82. The number of aromatic nitrogens is 1. The van der Waals surface area contributed by atoms with E-state index >= 15 is 0 Å². The Morgan fingerprint density at radius 2 is 2.18 bits per heavy atom. The van der Waals surface area contributed by atoms with Gasteiger partial charge < -0.3 is 9.84 Å². The molecule has 0 bridgehead atoms. The van der Waals surface area contributed by atoms with E-state index in [1.165, 1.54) is 7.05 Å². The summed E-state index contributed by atoms with van der Waals surface area (Å²) in [7, 11) is 1.46. The Kier molecular flexibility index (Phi) is 1.76. The number of nitrogens with zero attached hydrogens (tertiary/aromatic N) is 1. The van der Waals surface area contributed by atoms with Crippen LogP contribution >= 0.6 is 0 Å². The number of hydrogen-bond donors (Lipinski definition) is 1. The van der Waals surface area contributed by atoms with Crippen LogP contribution in [0, 0.1) is 0 Å². The van der Waals surface area contributed by atoms with Crippen LogP contribution in [0.2, 0.25) is 0 Å². The Morgan fingerprint density at radius 1 is 1.55 bits per heavy atom. The molecule has 0 aliphatic rings. The second kappa shape index (κ2) is 2.44. The zero-order chi connectivity index (χ0) is 8.48. The summed E-state index contributed by atoms with van der Waals surface area (Å²) in [5.74, 6) is -1.03. The highest BCUT2D eigenvalue weighted by Gasteiger charge is 2.35. The molecule has 0 radical (unpaired) electrons. The average molecular weight is 166 g/mol. The van der Waals surface area contributed by atoms with Gasteiger partial charge in [-0.3, -0.25) is 0 Å². The van der Waals surface area contributed by atoms with E-state index in [4.69, 9.17) is 0 Å². The maximum absolute atomic E-state index is 11.8. The zero-order valence-corrected chi connectivity index (χ0v) is 5.57. The molecule has 0 spiro atoms. The van der Waals surface area contributed by atoms with Crippen molar-refractivity contribution in [1.29, 1.82) is 0 Å². The van der Waals surface area contributed by atoms with Gasteiger partial charge in [0.15, 0.2) is 5.82 Å². The molecule has 0 atom stereocenters. The van der Waals surface area contributed by atoms with Gasteiger partial charge in [-0.15, -0.1) is 0 Å². The minimum Gasteiger partial charge on any atom is -0.370 e. The highest BCUT2D eigenvalue weighted by molar-refractivity contribution is 5.33. The lowest BCUT2D eigenvalue weighted by Crippen LogP contribution is -2.02. The third-order valence-electron chi connectivity index (χ3n) is 1.05. The van der Waals surface area contributed by atoms with E-state index in [0.29, 0.717) is 0 Å². The predicted octanol–water partition coefficient (Wildman–Crippen LogP) is 1.74. The molecule has 0 amide bonds. The molecule has 0 saturated carbocycles. The normalized spacial score (nSPS) is 11.6. The summed E-state index contributed by atoms with van der Waals surface area (Å²) in [6, 6.07) is 0.792. The fourth-order valence-corrected chi connectivity index (χ4v) is 0.527. The number of anilines is 1. The molecule has 0 aliphatic heterocycles. The largest absolute Gasteiger partial charge is 0.452 e. The van der Waals surface area contributed by atoms with Crippen molar-refractivity contribution < 1.29 is 17.7 Å². The van der Waals surface area contributed by atoms with E-state index < -0.39 is 11.9 Å². The molecule has 6 heteroatoms. The summed E-state index contributed by atoms with van der Waals surface area (Å²) < 4.78 is 39.3. The second-order valence-electron chi connectivity index (χ2n) is 1.82. The van der Waals surface area contributed by atoms with Gasteiger partial charge in [0.2, 0.25) is 5.76 Å². The summed E-state index contributed by atoms with van der Waals surface area (Å²) in [5, 5.41) is 5.51. The average Bonchev–Trinajstić information content (AvgIpc) is 2.32. The van der Waals surface area contributed by atoms with Crippen molar-refractivity contribution in [1.82, 2.24) is 5.16 Å². The van der Waals surface area contributed by atoms with Gasteiger partial charge in [-0.2, -0.15) is 13.2 Å². The van der Waals surface area contributed by atoms with Gasteiger partial charge in [0.25, 0.3) is 0 Å². The van der Waals surface area contributed by atoms with Gasteiger partial charge in [0.1, 0.15) is 0 Å². The quantitative estimate of drug-likeness (QED) is 0.690. The number of rotatable bonds is 1. The van der Waals surface area contributed by atoms with E-state index in [2.05, 4.69) is 15.0 Å². The molecular formula is C5H5F3N2O. The maximum Gasteiger partial charge on any atom is 0.452 e. The zero-order valence-electron chi connectivity index (χ0n) is 5.57. The minimum absolute atomic E-state index is 0.0670. The molecule has 1 aromatic rings. The summed E-state index contributed by atoms with van der Waals surface area (Å²) in [4.78, 5) is 0. The molecule has 0 unspecified atom stereocenters. The van der Waals surface area contributed by atoms with Crippen molar-refractivity contribution in [2.75, 3.05) is 12.4 Å². The van der Waals surface area contributed by atoms with Crippen LogP contribution < -0.4 is 5.32 Å². The Bertz CT molecular complexity index is 242. The van der Waals surface area contributed by atoms with Crippen molar-refractivity contribution in [2.45, 2.75) is 6.18 Å². The van der Waals surface area contributed by atoms with Crippen molar-refractivity contribution >= 4 is 5.82 Å². The van der Waals surface area contributed by atoms with Gasteiger partial charge >= 0.3 is 6.18 Å². The van der Waals surface area contributed by atoms with Gasteiger partial charge in [-0.25, -0.2) is 0 Å². The van der Waals surface area contributed by atoms with Crippen LogP contribution in [0.4, 0.5) is 19.0 Å². The first-order valence-electron chi connectivity index (χ1n) is 2.75. The highest BCUT2D eigenvalue weighted by atomic mass is 19.4. The van der Waals surface area contributed by atoms with Crippen LogP contribution in [0.1, 0.15) is 5.76 Å². The molecule has 1 heterocycles. The Labute approximate surface area is 60.2 Å². The monoisotopic (exact) mass is 166 g/mol. The smallest absolute Gasteiger partial charge is 0.370 e. The van der Waals surface area contributed by atoms with Crippen LogP contribution in [-0.2, 0) is 6.18 Å². The lowest BCUT2D eigenvalue weighted by atomic mass is 10.4. The number of hydrogen-bond acceptors (Lipinski definition) is 3. The summed E-state index contributed by atoms with van der Waals surface area (Å²) in [6.07, 6.45) is -4.46. The first kappa shape index (κ1) is 7.90. The van der Waals surface area contributed by atoms with Crippen molar-refractivity contribution in [3.05, 3.63) is 11.8 Å². The minimum atomic E-state index is -4.46. The fraction of sp³-hybridized carbons (Fsp3) is 0.400. The molecule has 1 rings (SSSR count). The van der Waals surface area contributed by atoms with E-state index in [0.717, 1.165) is 6.07 Å². The molecule has 1 aromatic heterocycles. The first-order chi connectivity index (χ1) is 5.04. The van der Waals surface area contributed by atoms with Crippen molar-refractivity contribution in [3.8, 4) is 0 Å². The fourth-order valence-electron chi connectivity index (χ4n) is 0.527. The van der Waals surface area contributed by atoms with E-state index in [9.17, 15) is 13.2 Å². The van der Waals surface area contributed by atoms with Crippen LogP contribution in [-0.4, -0.2) is 12.2 Å². The predicted molar refractivity (Wildman–Crippen MR) is 31.1 cm³/mol. The molecule has 3 nitrogen and oxygen atoms in total. The van der Waals surface area contributed by atoms with Crippen LogP contribution in [0.3, 0.4) is 0 Å². The molecule has 1 N–H and O–H groups in total.